The number of rotatable bonds is 2. The third-order valence-electron chi connectivity index (χ3n) is 5.12. The largest absolute Gasteiger partial charge is 0.455 e. The highest BCUT2D eigenvalue weighted by atomic mass is 16.5. The second-order valence-corrected chi connectivity index (χ2v) is 7.40. The van der Waals surface area contributed by atoms with E-state index in [1.807, 2.05) is 44.2 Å². The first-order valence-corrected chi connectivity index (χ1v) is 9.52. The molecule has 5 nitrogen and oxygen atoms in total. The molecule has 0 spiro atoms. The van der Waals surface area contributed by atoms with Crippen LogP contribution in [0, 0.1) is 6.92 Å². The van der Waals surface area contributed by atoms with E-state index in [9.17, 15) is 9.59 Å². The lowest BCUT2D eigenvalue weighted by Gasteiger charge is -2.35. The van der Waals surface area contributed by atoms with Gasteiger partial charge in [0, 0.05) is 24.2 Å². The Morgan fingerprint density at radius 3 is 2.36 bits per heavy atom. The van der Waals surface area contributed by atoms with Gasteiger partial charge < -0.3 is 14.1 Å². The topological polar surface area (TPSA) is 59.8 Å². The highest BCUT2D eigenvalue weighted by Crippen LogP contribution is 2.28. The van der Waals surface area contributed by atoms with Gasteiger partial charge in [-0.2, -0.15) is 0 Å². The van der Waals surface area contributed by atoms with Crippen molar-refractivity contribution < 1.29 is 13.9 Å². The minimum atomic E-state index is -0.140. The number of nitrogens with zero attached hydrogens (tertiary/aromatic N) is 1. The molecule has 144 valence electrons. The van der Waals surface area contributed by atoms with E-state index in [0.717, 1.165) is 5.56 Å². The van der Waals surface area contributed by atoms with Crippen LogP contribution in [-0.2, 0) is 4.74 Å². The van der Waals surface area contributed by atoms with Crippen LogP contribution >= 0.6 is 0 Å². The van der Waals surface area contributed by atoms with Crippen molar-refractivity contribution in [1.29, 1.82) is 0 Å². The first-order chi connectivity index (χ1) is 13.5. The van der Waals surface area contributed by atoms with Crippen LogP contribution in [0.15, 0.2) is 57.7 Å². The Kier molecular flexibility index (Phi) is 4.77. The summed E-state index contributed by atoms with van der Waals surface area (Å²) in [6, 6.07) is 14.7. The molecule has 1 saturated heterocycles. The van der Waals surface area contributed by atoms with Crippen LogP contribution < -0.4 is 5.43 Å². The normalized spacial score (nSPS) is 19.8. The smallest absolute Gasteiger partial charge is 0.257 e. The molecule has 28 heavy (non-hydrogen) atoms. The van der Waals surface area contributed by atoms with Gasteiger partial charge in [-0.05, 0) is 32.9 Å². The molecule has 4 rings (SSSR count). The molecule has 0 aliphatic carbocycles. The molecule has 0 unspecified atom stereocenters. The summed E-state index contributed by atoms with van der Waals surface area (Å²) in [5, 5.41) is 0.428. The molecule has 1 fully saturated rings. The molecule has 2 aromatic carbocycles. The number of hydrogen-bond acceptors (Lipinski definition) is 4. The van der Waals surface area contributed by atoms with Gasteiger partial charge in [0.15, 0.2) is 11.0 Å². The van der Waals surface area contributed by atoms with Crippen molar-refractivity contribution >= 4 is 16.9 Å². The number of carbonyl (C=O) groups excluding carboxylic acids is 1. The quantitative estimate of drug-likeness (QED) is 0.677. The molecule has 0 saturated carbocycles. The molecule has 1 aliphatic rings. The van der Waals surface area contributed by atoms with Crippen LogP contribution in [0.5, 0.6) is 0 Å². The van der Waals surface area contributed by atoms with Crippen LogP contribution in [0.2, 0.25) is 0 Å². The second-order valence-electron chi connectivity index (χ2n) is 7.40. The summed E-state index contributed by atoms with van der Waals surface area (Å²) in [5.41, 5.74) is 1.99. The average Bonchev–Trinajstić information content (AvgIpc) is 2.69. The molecular weight excluding hydrogens is 354 g/mol. The van der Waals surface area contributed by atoms with Crippen LogP contribution in [-0.4, -0.2) is 36.1 Å². The highest BCUT2D eigenvalue weighted by Gasteiger charge is 2.28. The maximum absolute atomic E-state index is 13.3. The van der Waals surface area contributed by atoms with Gasteiger partial charge in [-0.1, -0.05) is 36.4 Å². The van der Waals surface area contributed by atoms with Crippen molar-refractivity contribution in [2.75, 3.05) is 13.1 Å². The number of fused-ring (bicyclic) bond motifs is 1. The fraction of sp³-hybridized carbons (Fsp3) is 0.304. The highest BCUT2D eigenvalue weighted by molar-refractivity contribution is 6.05. The van der Waals surface area contributed by atoms with Crippen molar-refractivity contribution in [3.63, 3.8) is 0 Å². The second kappa shape index (κ2) is 7.24. The van der Waals surface area contributed by atoms with Gasteiger partial charge in [0.05, 0.1) is 23.2 Å². The monoisotopic (exact) mass is 377 g/mol. The van der Waals surface area contributed by atoms with Gasteiger partial charge in [0.25, 0.3) is 5.91 Å². The van der Waals surface area contributed by atoms with Crippen LogP contribution in [0.4, 0.5) is 0 Å². The Morgan fingerprint density at radius 1 is 1.00 bits per heavy atom. The van der Waals surface area contributed by atoms with Gasteiger partial charge >= 0.3 is 0 Å². The maximum Gasteiger partial charge on any atom is 0.257 e. The summed E-state index contributed by atoms with van der Waals surface area (Å²) in [6.07, 6.45) is -0.0615. The number of para-hydroxylation sites is 1. The zero-order valence-electron chi connectivity index (χ0n) is 16.3. The summed E-state index contributed by atoms with van der Waals surface area (Å²) in [5.74, 6) is 0.362. The molecule has 2 atom stereocenters. The number of carbonyl (C=O) groups is 1. The van der Waals surface area contributed by atoms with Gasteiger partial charge in [0.1, 0.15) is 5.76 Å². The van der Waals surface area contributed by atoms with E-state index >= 15 is 0 Å². The third-order valence-corrected chi connectivity index (χ3v) is 5.12. The number of benzene rings is 2. The van der Waals surface area contributed by atoms with E-state index in [-0.39, 0.29) is 23.5 Å². The Labute approximate surface area is 163 Å². The Bertz CT molecular complexity index is 1080. The summed E-state index contributed by atoms with van der Waals surface area (Å²) in [6.45, 7) is 6.70. The van der Waals surface area contributed by atoms with Crippen molar-refractivity contribution in [2.24, 2.45) is 0 Å². The molecule has 1 aliphatic heterocycles. The van der Waals surface area contributed by atoms with E-state index in [1.165, 1.54) is 0 Å². The minimum absolute atomic E-state index is 0.0307. The Balaban J connectivity index is 1.87. The summed E-state index contributed by atoms with van der Waals surface area (Å²) < 4.78 is 11.9. The van der Waals surface area contributed by atoms with Gasteiger partial charge in [0.2, 0.25) is 0 Å². The van der Waals surface area contributed by atoms with E-state index < -0.39 is 0 Å². The molecule has 1 amide bonds. The Hall–Kier alpha value is -2.92. The van der Waals surface area contributed by atoms with E-state index in [1.54, 1.807) is 30.0 Å². The lowest BCUT2D eigenvalue weighted by molar-refractivity contribution is -0.0585. The first kappa shape index (κ1) is 18.4. The molecule has 5 heteroatoms. The van der Waals surface area contributed by atoms with Crippen molar-refractivity contribution in [3.8, 4) is 11.3 Å². The van der Waals surface area contributed by atoms with Crippen LogP contribution in [0.3, 0.4) is 0 Å². The van der Waals surface area contributed by atoms with Gasteiger partial charge in [-0.15, -0.1) is 0 Å². The van der Waals surface area contributed by atoms with Crippen LogP contribution in [0.1, 0.15) is 29.8 Å². The van der Waals surface area contributed by atoms with Crippen molar-refractivity contribution in [2.45, 2.75) is 33.0 Å². The molecule has 3 aromatic rings. The van der Waals surface area contributed by atoms with E-state index in [4.69, 9.17) is 9.15 Å². The number of morpholine rings is 1. The fourth-order valence-electron chi connectivity index (χ4n) is 3.86. The molecule has 0 radical (unpaired) electrons. The van der Waals surface area contributed by atoms with Gasteiger partial charge in [-0.3, -0.25) is 9.59 Å². The molecule has 1 aromatic heterocycles. The summed E-state index contributed by atoms with van der Waals surface area (Å²) in [4.78, 5) is 28.0. The summed E-state index contributed by atoms with van der Waals surface area (Å²) in [7, 11) is 0. The Morgan fingerprint density at radius 2 is 1.68 bits per heavy atom. The maximum atomic E-state index is 13.3. The molecule has 0 N–H and O–H groups in total. The fourth-order valence-corrected chi connectivity index (χ4v) is 3.86. The zero-order valence-corrected chi connectivity index (χ0v) is 16.3. The molecule has 2 heterocycles. The van der Waals surface area contributed by atoms with E-state index in [2.05, 4.69) is 0 Å². The van der Waals surface area contributed by atoms with Crippen molar-refractivity contribution in [1.82, 2.24) is 4.90 Å². The minimum Gasteiger partial charge on any atom is -0.455 e. The predicted molar refractivity (Wildman–Crippen MR) is 109 cm³/mol. The number of ether oxygens (including phenoxy) is 1. The summed E-state index contributed by atoms with van der Waals surface area (Å²) >= 11 is 0. The number of hydrogen-bond donors (Lipinski definition) is 0. The standard InChI is InChI=1S/C23H23NO4/c1-14-12-24(13-15(2)27-14)23(26)19-11-7-10-18-20(25)16(3)21(28-22(18)19)17-8-5-4-6-9-17/h4-11,14-15H,12-13H2,1-3H3/t14-,15-/m1/s1. The predicted octanol–water partition coefficient (Wildman–Crippen LogP) is 4.02. The average molecular weight is 377 g/mol. The van der Waals surface area contributed by atoms with Gasteiger partial charge in [-0.25, -0.2) is 0 Å². The zero-order chi connectivity index (χ0) is 19.8. The molecular formula is C23H23NO4. The van der Waals surface area contributed by atoms with Crippen LogP contribution in [0.25, 0.3) is 22.3 Å². The molecule has 0 bridgehead atoms. The third kappa shape index (κ3) is 3.22. The van der Waals surface area contributed by atoms with E-state index in [0.29, 0.717) is 40.9 Å². The SMILES string of the molecule is Cc1c(-c2ccccc2)oc2c(C(=O)N3C[C@@H](C)O[C@H](C)C3)cccc2c1=O. The lowest BCUT2D eigenvalue weighted by atomic mass is 10.0. The van der Waals surface area contributed by atoms with Crippen molar-refractivity contribution in [3.05, 3.63) is 69.9 Å². The lowest BCUT2D eigenvalue weighted by Crippen LogP contribution is -2.48. The number of amides is 1. The first-order valence-electron chi connectivity index (χ1n) is 9.52.